The minimum atomic E-state index is 0.615. The Labute approximate surface area is 127 Å². The first-order valence-electron chi connectivity index (χ1n) is 8.10. The van der Waals surface area contributed by atoms with Crippen LogP contribution in [0.3, 0.4) is 0 Å². The predicted octanol–water partition coefficient (Wildman–Crippen LogP) is 2.69. The molecule has 2 N–H and O–H groups in total. The first-order chi connectivity index (χ1) is 10.3. The monoisotopic (exact) mass is 287 g/mol. The van der Waals surface area contributed by atoms with E-state index in [1.807, 2.05) is 6.07 Å². The second-order valence-corrected chi connectivity index (χ2v) is 5.98. The van der Waals surface area contributed by atoms with Gasteiger partial charge >= 0.3 is 0 Å². The van der Waals surface area contributed by atoms with Crippen molar-refractivity contribution in [2.24, 2.45) is 10.9 Å². The number of nitrogens with zero attached hydrogens (tertiary/aromatic N) is 1. The first kappa shape index (κ1) is 14.2. The molecule has 0 aliphatic heterocycles. The summed E-state index contributed by atoms with van der Waals surface area (Å²) in [6, 6.07) is 8.85. The fraction of sp³-hybridized carbons (Fsp3) is 0.588. The lowest BCUT2D eigenvalue weighted by atomic mass is 10.2. The highest BCUT2D eigenvalue weighted by Gasteiger charge is 2.23. The van der Waals surface area contributed by atoms with E-state index in [1.165, 1.54) is 25.7 Å². The zero-order valence-electron chi connectivity index (χ0n) is 12.8. The van der Waals surface area contributed by atoms with E-state index < -0.39 is 0 Å². The van der Waals surface area contributed by atoms with Crippen LogP contribution in [0.25, 0.3) is 0 Å². The van der Waals surface area contributed by atoms with Gasteiger partial charge in [-0.2, -0.15) is 0 Å². The highest BCUT2D eigenvalue weighted by atomic mass is 16.5. The SMILES string of the molecule is CCNC(=NCc1ccccc1OCC1CC1)NC1CC1. The average molecular weight is 287 g/mol. The summed E-state index contributed by atoms with van der Waals surface area (Å²) in [7, 11) is 0. The molecule has 2 aliphatic carbocycles. The number of hydrogen-bond donors (Lipinski definition) is 2. The Morgan fingerprint density at radius 1 is 1.24 bits per heavy atom. The lowest BCUT2D eigenvalue weighted by Gasteiger charge is -2.12. The van der Waals surface area contributed by atoms with E-state index in [0.717, 1.165) is 36.3 Å². The Morgan fingerprint density at radius 3 is 2.76 bits per heavy atom. The standard InChI is InChI=1S/C17H25N3O/c1-2-18-17(20-15-9-10-15)19-11-14-5-3-4-6-16(14)21-12-13-7-8-13/h3-6,13,15H,2,7-12H2,1H3,(H2,18,19,20). The van der Waals surface area contributed by atoms with Crippen LogP contribution in [0.15, 0.2) is 29.3 Å². The summed E-state index contributed by atoms with van der Waals surface area (Å²) >= 11 is 0. The van der Waals surface area contributed by atoms with Crippen LogP contribution < -0.4 is 15.4 Å². The molecule has 0 amide bonds. The van der Waals surface area contributed by atoms with Gasteiger partial charge in [0.15, 0.2) is 5.96 Å². The lowest BCUT2D eigenvalue weighted by molar-refractivity contribution is 0.297. The molecule has 21 heavy (non-hydrogen) atoms. The maximum atomic E-state index is 5.94. The van der Waals surface area contributed by atoms with Gasteiger partial charge in [0.2, 0.25) is 0 Å². The molecule has 2 fully saturated rings. The molecule has 4 heteroatoms. The van der Waals surface area contributed by atoms with E-state index in [4.69, 9.17) is 4.74 Å². The van der Waals surface area contributed by atoms with Crippen molar-refractivity contribution in [3.05, 3.63) is 29.8 Å². The van der Waals surface area contributed by atoms with E-state index >= 15 is 0 Å². The quantitative estimate of drug-likeness (QED) is 0.599. The third kappa shape index (κ3) is 4.66. The van der Waals surface area contributed by atoms with Crippen LogP contribution in [-0.2, 0) is 6.54 Å². The summed E-state index contributed by atoms with van der Waals surface area (Å²) in [5.74, 6) is 2.67. The van der Waals surface area contributed by atoms with Gasteiger partial charge in [-0.15, -0.1) is 0 Å². The Kier molecular flexibility index (Phi) is 4.63. The van der Waals surface area contributed by atoms with Crippen LogP contribution in [0.5, 0.6) is 5.75 Å². The van der Waals surface area contributed by atoms with Gasteiger partial charge in [-0.05, 0) is 44.6 Å². The summed E-state index contributed by atoms with van der Waals surface area (Å²) in [6.07, 6.45) is 5.14. The summed E-state index contributed by atoms with van der Waals surface area (Å²) in [4.78, 5) is 4.68. The van der Waals surface area contributed by atoms with E-state index in [-0.39, 0.29) is 0 Å². The maximum absolute atomic E-state index is 5.94. The van der Waals surface area contributed by atoms with Crippen LogP contribution in [0.2, 0.25) is 0 Å². The van der Waals surface area contributed by atoms with Crippen LogP contribution in [0, 0.1) is 5.92 Å². The van der Waals surface area contributed by atoms with Crippen LogP contribution in [0.1, 0.15) is 38.2 Å². The number of para-hydroxylation sites is 1. The first-order valence-corrected chi connectivity index (χ1v) is 8.10. The second kappa shape index (κ2) is 6.83. The summed E-state index contributed by atoms with van der Waals surface area (Å²) in [5.41, 5.74) is 1.16. The highest BCUT2D eigenvalue weighted by molar-refractivity contribution is 5.80. The number of nitrogens with one attached hydrogen (secondary N) is 2. The minimum Gasteiger partial charge on any atom is -0.493 e. The molecule has 0 saturated heterocycles. The number of ether oxygens (including phenoxy) is 1. The van der Waals surface area contributed by atoms with Crippen molar-refractivity contribution in [2.45, 2.75) is 45.2 Å². The van der Waals surface area contributed by atoms with Crippen LogP contribution in [-0.4, -0.2) is 25.2 Å². The summed E-state index contributed by atoms with van der Waals surface area (Å²) in [6.45, 7) is 4.49. The van der Waals surface area contributed by atoms with Crippen molar-refractivity contribution < 1.29 is 4.74 Å². The Bertz CT molecular complexity index is 493. The van der Waals surface area contributed by atoms with Crippen molar-refractivity contribution in [1.29, 1.82) is 0 Å². The molecular weight excluding hydrogens is 262 g/mol. The van der Waals surface area contributed by atoms with Gasteiger partial charge in [0.25, 0.3) is 0 Å². The lowest BCUT2D eigenvalue weighted by Crippen LogP contribution is -2.38. The number of rotatable bonds is 7. The number of hydrogen-bond acceptors (Lipinski definition) is 2. The zero-order valence-corrected chi connectivity index (χ0v) is 12.8. The van der Waals surface area contributed by atoms with E-state index in [9.17, 15) is 0 Å². The fourth-order valence-electron chi connectivity index (χ4n) is 2.17. The van der Waals surface area contributed by atoms with Gasteiger partial charge in [0.1, 0.15) is 5.75 Å². The van der Waals surface area contributed by atoms with Crippen molar-refractivity contribution in [2.75, 3.05) is 13.2 Å². The average Bonchev–Trinajstić information content (AvgIpc) is 3.38. The Balaban J connectivity index is 1.61. The summed E-state index contributed by atoms with van der Waals surface area (Å²) in [5, 5.41) is 6.74. The normalized spacial score (nSPS) is 18.4. The molecule has 114 valence electrons. The number of benzene rings is 1. The zero-order chi connectivity index (χ0) is 14.5. The smallest absolute Gasteiger partial charge is 0.191 e. The summed E-state index contributed by atoms with van der Waals surface area (Å²) < 4.78 is 5.94. The molecule has 1 aromatic rings. The fourth-order valence-corrected chi connectivity index (χ4v) is 2.17. The predicted molar refractivity (Wildman–Crippen MR) is 85.6 cm³/mol. The molecule has 0 radical (unpaired) electrons. The molecular formula is C17H25N3O. The van der Waals surface area contributed by atoms with Gasteiger partial charge in [-0.25, -0.2) is 4.99 Å². The molecule has 1 aromatic carbocycles. The number of guanidine groups is 1. The molecule has 4 nitrogen and oxygen atoms in total. The van der Waals surface area contributed by atoms with Crippen LogP contribution >= 0.6 is 0 Å². The molecule has 0 spiro atoms. The van der Waals surface area contributed by atoms with Crippen molar-refractivity contribution in [3.8, 4) is 5.75 Å². The van der Waals surface area contributed by atoms with E-state index in [1.54, 1.807) is 0 Å². The van der Waals surface area contributed by atoms with Crippen molar-refractivity contribution in [1.82, 2.24) is 10.6 Å². The Hall–Kier alpha value is -1.71. The molecule has 3 rings (SSSR count). The number of aliphatic imine (C=N–C) groups is 1. The minimum absolute atomic E-state index is 0.615. The molecule has 2 saturated carbocycles. The molecule has 0 bridgehead atoms. The third-order valence-electron chi connectivity index (χ3n) is 3.81. The van der Waals surface area contributed by atoms with Gasteiger partial charge < -0.3 is 15.4 Å². The molecule has 0 unspecified atom stereocenters. The Morgan fingerprint density at radius 2 is 2.05 bits per heavy atom. The van der Waals surface area contributed by atoms with Gasteiger partial charge in [0.05, 0.1) is 13.2 Å². The molecule has 2 aliphatic rings. The van der Waals surface area contributed by atoms with E-state index in [2.05, 4.69) is 40.7 Å². The van der Waals surface area contributed by atoms with Crippen molar-refractivity contribution in [3.63, 3.8) is 0 Å². The van der Waals surface area contributed by atoms with Gasteiger partial charge in [-0.3, -0.25) is 0 Å². The second-order valence-electron chi connectivity index (χ2n) is 5.98. The van der Waals surface area contributed by atoms with Crippen LogP contribution in [0.4, 0.5) is 0 Å². The van der Waals surface area contributed by atoms with Crippen molar-refractivity contribution >= 4 is 5.96 Å². The highest BCUT2D eigenvalue weighted by Crippen LogP contribution is 2.30. The van der Waals surface area contributed by atoms with Gasteiger partial charge in [0, 0.05) is 18.2 Å². The topological polar surface area (TPSA) is 45.7 Å². The molecule has 0 atom stereocenters. The third-order valence-corrected chi connectivity index (χ3v) is 3.81. The molecule has 0 aromatic heterocycles. The maximum Gasteiger partial charge on any atom is 0.191 e. The van der Waals surface area contributed by atoms with Gasteiger partial charge in [-0.1, -0.05) is 18.2 Å². The molecule has 0 heterocycles. The largest absolute Gasteiger partial charge is 0.493 e. The van der Waals surface area contributed by atoms with E-state index in [0.29, 0.717) is 12.6 Å².